The summed E-state index contributed by atoms with van der Waals surface area (Å²) >= 11 is 0. The molecule has 6 nitrogen and oxygen atoms in total. The van der Waals surface area contributed by atoms with Gasteiger partial charge in [-0.2, -0.15) is 13.2 Å². The molecule has 9 heteroatoms. The number of phenolic OH excluding ortho intramolecular Hbond substituents is 2. The molecule has 0 heterocycles. The van der Waals surface area contributed by atoms with Crippen molar-refractivity contribution in [3.8, 4) is 11.5 Å². The molecule has 0 aliphatic heterocycles. The van der Waals surface area contributed by atoms with E-state index in [4.69, 9.17) is 0 Å². The Balaban J connectivity index is 1.58. The van der Waals surface area contributed by atoms with Crippen molar-refractivity contribution in [3.05, 3.63) is 118 Å². The quantitative estimate of drug-likeness (QED) is 0.193. The summed E-state index contributed by atoms with van der Waals surface area (Å²) in [7, 11) is 0. The highest BCUT2D eigenvalue weighted by Gasteiger charge is 2.53. The van der Waals surface area contributed by atoms with E-state index in [1.165, 1.54) is 60.7 Å². The van der Waals surface area contributed by atoms with E-state index in [9.17, 15) is 33.0 Å². The molecule has 40 heavy (non-hydrogen) atoms. The SMILES string of the molecule is Cc1ccc(O)c(NC(=O)c2ccc(C(C)(c3ccc(C(=O)Nc4cc(C)ccc4O)cc3)C(F)(F)F)cc2)c1. The van der Waals surface area contributed by atoms with Crippen molar-refractivity contribution >= 4 is 23.2 Å². The van der Waals surface area contributed by atoms with Gasteiger partial charge in [0.2, 0.25) is 0 Å². The monoisotopic (exact) mass is 548 g/mol. The number of amides is 2. The summed E-state index contributed by atoms with van der Waals surface area (Å²) in [4.78, 5) is 25.4. The largest absolute Gasteiger partial charge is 0.506 e. The van der Waals surface area contributed by atoms with Crippen molar-refractivity contribution in [1.29, 1.82) is 0 Å². The lowest BCUT2D eigenvalue weighted by atomic mass is 9.75. The Labute approximate surface area is 229 Å². The number of rotatable bonds is 6. The summed E-state index contributed by atoms with van der Waals surface area (Å²) < 4.78 is 43.6. The van der Waals surface area contributed by atoms with E-state index in [0.29, 0.717) is 0 Å². The maximum atomic E-state index is 14.5. The molecule has 0 radical (unpaired) electrons. The van der Waals surface area contributed by atoms with E-state index in [1.807, 2.05) is 0 Å². The molecule has 0 spiro atoms. The molecule has 0 saturated carbocycles. The fourth-order valence-corrected chi connectivity index (χ4v) is 4.29. The maximum absolute atomic E-state index is 14.5. The van der Waals surface area contributed by atoms with Gasteiger partial charge in [-0.15, -0.1) is 0 Å². The number of phenols is 2. The number of anilines is 2. The van der Waals surface area contributed by atoms with Gasteiger partial charge in [0.05, 0.1) is 11.4 Å². The van der Waals surface area contributed by atoms with Crippen LogP contribution in [0.2, 0.25) is 0 Å². The second-order valence-corrected chi connectivity index (χ2v) is 9.73. The van der Waals surface area contributed by atoms with Gasteiger partial charge >= 0.3 is 6.18 Å². The Morgan fingerprint density at radius 3 is 1.30 bits per heavy atom. The zero-order valence-corrected chi connectivity index (χ0v) is 21.9. The molecule has 4 aromatic carbocycles. The van der Waals surface area contributed by atoms with Crippen molar-refractivity contribution in [2.24, 2.45) is 0 Å². The van der Waals surface area contributed by atoms with E-state index in [-0.39, 0.29) is 45.1 Å². The Morgan fingerprint density at radius 1 is 0.625 bits per heavy atom. The van der Waals surface area contributed by atoms with Crippen LogP contribution in [0.5, 0.6) is 11.5 Å². The first-order valence-electron chi connectivity index (χ1n) is 12.3. The number of hydrogen-bond donors (Lipinski definition) is 4. The highest BCUT2D eigenvalue weighted by atomic mass is 19.4. The standard InChI is InChI=1S/C31H27F3N2O4/c1-18-4-14-26(37)24(16-18)35-28(39)20-6-10-22(11-7-20)30(3,31(32,33)34)23-12-8-21(9-13-23)29(40)36-25-17-19(2)5-15-27(25)38/h4-17,37-38H,1-3H3,(H,35,39)(H,36,40). The molecular formula is C31H27F3N2O4. The molecule has 0 fully saturated rings. The first-order valence-corrected chi connectivity index (χ1v) is 12.3. The summed E-state index contributed by atoms with van der Waals surface area (Å²) in [5.74, 6) is -1.44. The van der Waals surface area contributed by atoms with Crippen LogP contribution in [0.1, 0.15) is 49.9 Å². The van der Waals surface area contributed by atoms with Gasteiger partial charge in [0.25, 0.3) is 11.8 Å². The number of carbonyl (C=O) groups excluding carboxylic acids is 2. The molecule has 0 bridgehead atoms. The Bertz CT molecular complexity index is 1450. The predicted octanol–water partition coefficient (Wildman–Crippen LogP) is 7.09. The molecule has 0 aliphatic rings. The lowest BCUT2D eigenvalue weighted by Crippen LogP contribution is -2.40. The lowest BCUT2D eigenvalue weighted by Gasteiger charge is -2.33. The van der Waals surface area contributed by atoms with Crippen molar-refractivity contribution in [2.75, 3.05) is 10.6 Å². The van der Waals surface area contributed by atoms with Crippen LogP contribution >= 0.6 is 0 Å². The number of alkyl halides is 3. The van der Waals surface area contributed by atoms with Crippen LogP contribution in [0.25, 0.3) is 0 Å². The molecule has 0 aromatic heterocycles. The highest BCUT2D eigenvalue weighted by Crippen LogP contribution is 2.46. The predicted molar refractivity (Wildman–Crippen MR) is 147 cm³/mol. The molecule has 0 atom stereocenters. The van der Waals surface area contributed by atoms with Crippen molar-refractivity contribution in [2.45, 2.75) is 32.4 Å². The van der Waals surface area contributed by atoms with Gasteiger partial charge in [-0.25, -0.2) is 0 Å². The number of hydrogen-bond acceptors (Lipinski definition) is 4. The maximum Gasteiger partial charge on any atom is 0.402 e. The summed E-state index contributed by atoms with van der Waals surface area (Å²) in [5.41, 5.74) is -0.426. The molecular weight excluding hydrogens is 521 g/mol. The smallest absolute Gasteiger partial charge is 0.402 e. The fraction of sp³-hybridized carbons (Fsp3) is 0.161. The van der Waals surface area contributed by atoms with Gasteiger partial charge in [0.1, 0.15) is 16.9 Å². The number of halogens is 3. The van der Waals surface area contributed by atoms with E-state index >= 15 is 0 Å². The lowest BCUT2D eigenvalue weighted by molar-refractivity contribution is -0.173. The third-order valence-electron chi connectivity index (χ3n) is 6.82. The van der Waals surface area contributed by atoms with Crippen LogP contribution in [-0.4, -0.2) is 28.2 Å². The van der Waals surface area contributed by atoms with E-state index in [1.54, 1.807) is 38.1 Å². The number of nitrogens with one attached hydrogen (secondary N) is 2. The minimum absolute atomic E-state index is 0.100. The minimum atomic E-state index is -4.71. The van der Waals surface area contributed by atoms with Crippen LogP contribution in [0.15, 0.2) is 84.9 Å². The number of benzene rings is 4. The van der Waals surface area contributed by atoms with Gasteiger partial charge < -0.3 is 20.8 Å². The summed E-state index contributed by atoms with van der Waals surface area (Å²) in [6.45, 7) is 4.61. The molecule has 4 rings (SSSR count). The zero-order valence-electron chi connectivity index (χ0n) is 21.9. The number of aryl methyl sites for hydroxylation is 2. The van der Waals surface area contributed by atoms with Gasteiger partial charge in [0.15, 0.2) is 0 Å². The van der Waals surface area contributed by atoms with Crippen LogP contribution in [0, 0.1) is 13.8 Å². The van der Waals surface area contributed by atoms with Crippen LogP contribution < -0.4 is 10.6 Å². The summed E-state index contributed by atoms with van der Waals surface area (Å²) in [6, 6.07) is 19.5. The second-order valence-electron chi connectivity index (χ2n) is 9.73. The minimum Gasteiger partial charge on any atom is -0.506 e. The van der Waals surface area contributed by atoms with Crippen molar-refractivity contribution in [3.63, 3.8) is 0 Å². The highest BCUT2D eigenvalue weighted by molar-refractivity contribution is 6.05. The number of aromatic hydroxyl groups is 2. The van der Waals surface area contributed by atoms with Crippen LogP contribution in [0.4, 0.5) is 24.5 Å². The van der Waals surface area contributed by atoms with Gasteiger partial charge in [-0.3, -0.25) is 9.59 Å². The second kappa shape index (κ2) is 10.8. The summed E-state index contributed by atoms with van der Waals surface area (Å²) in [6.07, 6.45) is -4.71. The average molecular weight is 549 g/mol. The topological polar surface area (TPSA) is 98.7 Å². The Hall–Kier alpha value is -4.79. The number of carbonyl (C=O) groups is 2. The van der Waals surface area contributed by atoms with E-state index < -0.39 is 23.4 Å². The molecule has 0 saturated heterocycles. The van der Waals surface area contributed by atoms with Crippen LogP contribution in [-0.2, 0) is 5.41 Å². The van der Waals surface area contributed by atoms with Gasteiger partial charge in [-0.1, -0.05) is 36.4 Å². The third kappa shape index (κ3) is 5.63. The first-order chi connectivity index (χ1) is 18.8. The van der Waals surface area contributed by atoms with Crippen LogP contribution in [0.3, 0.4) is 0 Å². The Morgan fingerprint density at radius 2 is 0.975 bits per heavy atom. The third-order valence-corrected chi connectivity index (χ3v) is 6.82. The van der Waals surface area contributed by atoms with E-state index in [2.05, 4.69) is 10.6 Å². The molecule has 2 amide bonds. The summed E-state index contributed by atoms with van der Waals surface area (Å²) in [5, 5.41) is 25.1. The molecule has 0 aliphatic carbocycles. The molecule has 206 valence electrons. The Kier molecular flexibility index (Phi) is 7.59. The zero-order chi connectivity index (χ0) is 29.2. The average Bonchev–Trinajstić information content (AvgIpc) is 2.91. The molecule has 4 aromatic rings. The van der Waals surface area contributed by atoms with E-state index in [0.717, 1.165) is 18.1 Å². The molecule has 4 N–H and O–H groups in total. The normalized spacial score (nSPS) is 11.7. The van der Waals surface area contributed by atoms with Gasteiger partial charge in [-0.05, 0) is 91.6 Å². The van der Waals surface area contributed by atoms with Gasteiger partial charge in [0, 0.05) is 11.1 Å². The molecule has 0 unspecified atom stereocenters. The first kappa shape index (κ1) is 28.2. The van der Waals surface area contributed by atoms with Crippen molar-refractivity contribution < 1.29 is 33.0 Å². The van der Waals surface area contributed by atoms with Crippen molar-refractivity contribution in [1.82, 2.24) is 0 Å². The fourth-order valence-electron chi connectivity index (χ4n) is 4.29.